The van der Waals surface area contributed by atoms with Crippen LogP contribution in [0.3, 0.4) is 0 Å². The van der Waals surface area contributed by atoms with Crippen LogP contribution in [0.5, 0.6) is 0 Å². The Morgan fingerprint density at radius 2 is 0.727 bits per heavy atom. The largest absolute Gasteiger partial charge is 0.473 e. The Hall–Kier alpha value is -3.04. The summed E-state index contributed by atoms with van der Waals surface area (Å²) in [5.41, 5.74) is -3.50. The molecule has 10 nitrogen and oxygen atoms in total. The number of carbonyl (C=O) groups excluding carboxylic acids is 4. The SMILES string of the molecule is CCC(F)(F)C(F)(F)C(F)(F)OC(=O)C(=O)OOC(C)(C)CCC(C)(C)OOC(=O)C(=O)OC(F)(F)C(F)(F)C(F)(F)CC. The van der Waals surface area contributed by atoms with Crippen molar-refractivity contribution in [2.45, 2.75) is 114 Å². The Kier molecular flexibility index (Phi) is 12.6. The topological polar surface area (TPSA) is 124 Å². The second-order valence-electron chi connectivity index (χ2n) is 10.0. The molecule has 0 aliphatic carbocycles. The zero-order valence-corrected chi connectivity index (χ0v) is 23.4. The van der Waals surface area contributed by atoms with E-state index in [-0.39, 0.29) is 0 Å². The van der Waals surface area contributed by atoms with Crippen molar-refractivity contribution in [1.29, 1.82) is 0 Å². The highest BCUT2D eigenvalue weighted by Gasteiger charge is 2.75. The quantitative estimate of drug-likeness (QED) is 0.0680. The lowest BCUT2D eigenvalue weighted by Gasteiger charge is -2.31. The van der Waals surface area contributed by atoms with E-state index in [9.17, 15) is 71.9 Å². The third-order valence-corrected chi connectivity index (χ3v) is 5.33. The third-order valence-electron chi connectivity index (χ3n) is 5.33. The summed E-state index contributed by atoms with van der Waals surface area (Å²) in [5.74, 6) is -33.9. The molecule has 0 amide bonds. The number of hydrogen-bond donors (Lipinski definition) is 0. The fourth-order valence-electron chi connectivity index (χ4n) is 2.37. The molecule has 44 heavy (non-hydrogen) atoms. The van der Waals surface area contributed by atoms with Gasteiger partial charge >= 0.3 is 59.8 Å². The summed E-state index contributed by atoms with van der Waals surface area (Å²) in [5, 5.41) is 0. The summed E-state index contributed by atoms with van der Waals surface area (Å²) in [6.07, 6.45) is -16.7. The molecule has 0 heterocycles. The minimum absolute atomic E-state index is 0.405. The van der Waals surface area contributed by atoms with E-state index in [1.807, 2.05) is 0 Å². The van der Waals surface area contributed by atoms with Gasteiger partial charge in [0, 0.05) is 12.8 Å². The number of ether oxygens (including phenoxy) is 2. The zero-order chi connectivity index (χ0) is 35.4. The van der Waals surface area contributed by atoms with Crippen LogP contribution in [0.2, 0.25) is 0 Å². The van der Waals surface area contributed by atoms with Gasteiger partial charge in [0.25, 0.3) is 0 Å². The lowest BCUT2D eigenvalue weighted by Crippen LogP contribution is -2.56. The summed E-state index contributed by atoms with van der Waals surface area (Å²) < 4.78 is 166. The molecule has 22 heteroatoms. The molecule has 0 radical (unpaired) electrons. The Morgan fingerprint density at radius 1 is 0.477 bits per heavy atom. The second-order valence-corrected chi connectivity index (χ2v) is 10.0. The molecule has 0 aromatic carbocycles. The number of rotatable bonds is 15. The van der Waals surface area contributed by atoms with Crippen LogP contribution in [-0.4, -0.2) is 71.0 Å². The lowest BCUT2D eigenvalue weighted by atomic mass is 9.94. The molecule has 0 aliphatic heterocycles. The highest BCUT2D eigenvalue weighted by molar-refractivity contribution is 6.29. The average molecular weight is 678 g/mol. The molecule has 0 aromatic heterocycles. The van der Waals surface area contributed by atoms with Gasteiger partial charge in [-0.3, -0.25) is 9.78 Å². The molecule has 0 saturated carbocycles. The maximum absolute atomic E-state index is 13.5. The number of alkyl halides is 12. The van der Waals surface area contributed by atoms with E-state index in [2.05, 4.69) is 29.0 Å². The zero-order valence-electron chi connectivity index (χ0n) is 23.4. The maximum atomic E-state index is 13.5. The van der Waals surface area contributed by atoms with E-state index in [0.29, 0.717) is 13.8 Å². The van der Waals surface area contributed by atoms with Crippen molar-refractivity contribution in [2.75, 3.05) is 0 Å². The molecule has 0 rings (SSSR count). The van der Waals surface area contributed by atoms with Crippen LogP contribution in [0.4, 0.5) is 52.7 Å². The average Bonchev–Trinajstić information content (AvgIpc) is 2.88. The van der Waals surface area contributed by atoms with Crippen LogP contribution in [-0.2, 0) is 48.2 Å². The van der Waals surface area contributed by atoms with E-state index in [4.69, 9.17) is 0 Å². The van der Waals surface area contributed by atoms with Crippen LogP contribution in [0.1, 0.15) is 67.2 Å². The Labute approximate surface area is 240 Å². The normalized spacial score (nSPS) is 14.1. The van der Waals surface area contributed by atoms with Gasteiger partial charge in [-0.2, -0.15) is 62.5 Å². The van der Waals surface area contributed by atoms with E-state index in [1.54, 1.807) is 0 Å². The predicted octanol–water partition coefficient (Wildman–Crippen LogP) is 5.91. The van der Waals surface area contributed by atoms with E-state index >= 15 is 0 Å². The van der Waals surface area contributed by atoms with Crippen molar-refractivity contribution in [3.63, 3.8) is 0 Å². The number of carbonyl (C=O) groups is 4. The first-order valence-electron chi connectivity index (χ1n) is 11.9. The van der Waals surface area contributed by atoms with Gasteiger partial charge in [-0.25, -0.2) is 19.2 Å². The molecule has 0 aromatic rings. The van der Waals surface area contributed by atoms with Crippen LogP contribution < -0.4 is 0 Å². The molecule has 0 N–H and O–H groups in total. The first kappa shape index (κ1) is 41.0. The van der Waals surface area contributed by atoms with Gasteiger partial charge in [-0.1, -0.05) is 13.8 Å². The standard InChI is InChI=1S/C22H26F12O10/c1-7-17(23,24)19(27,28)21(31,32)39-11(35)13(37)41-43-15(3,4)9-10-16(5,6)44-42-14(38)12(36)40-22(33,34)20(29,30)18(25,26)8-2/h7-10H2,1-6H3. The minimum atomic E-state index is -6.23. The van der Waals surface area contributed by atoms with Gasteiger partial charge < -0.3 is 9.47 Å². The van der Waals surface area contributed by atoms with Crippen LogP contribution in [0.25, 0.3) is 0 Å². The fourth-order valence-corrected chi connectivity index (χ4v) is 2.37. The van der Waals surface area contributed by atoms with Crippen LogP contribution >= 0.6 is 0 Å². The van der Waals surface area contributed by atoms with Gasteiger partial charge in [-0.05, 0) is 40.5 Å². The van der Waals surface area contributed by atoms with Gasteiger partial charge in [0.05, 0.1) is 0 Å². The maximum Gasteiger partial charge on any atom is 0.473 e. The van der Waals surface area contributed by atoms with Gasteiger partial charge in [-0.15, -0.1) is 0 Å². The predicted molar refractivity (Wildman–Crippen MR) is 114 cm³/mol. The molecule has 0 atom stereocenters. The lowest BCUT2D eigenvalue weighted by molar-refractivity contribution is -0.387. The first-order valence-corrected chi connectivity index (χ1v) is 11.9. The van der Waals surface area contributed by atoms with Crippen molar-refractivity contribution in [1.82, 2.24) is 0 Å². The van der Waals surface area contributed by atoms with Crippen molar-refractivity contribution < 1.29 is 101 Å². The monoisotopic (exact) mass is 678 g/mol. The summed E-state index contributed by atoms with van der Waals surface area (Å²) in [6.45, 7) is 5.14. The highest BCUT2D eigenvalue weighted by Crippen LogP contribution is 2.49. The molecule has 0 saturated heterocycles. The Morgan fingerprint density at radius 3 is 0.955 bits per heavy atom. The molecule has 0 bridgehead atoms. The van der Waals surface area contributed by atoms with Gasteiger partial charge in [0.15, 0.2) is 0 Å². The highest BCUT2D eigenvalue weighted by atomic mass is 19.4. The summed E-state index contributed by atoms with van der Waals surface area (Å²) in [7, 11) is 0. The summed E-state index contributed by atoms with van der Waals surface area (Å²) >= 11 is 0. The van der Waals surface area contributed by atoms with Crippen molar-refractivity contribution in [2.24, 2.45) is 0 Å². The first-order chi connectivity index (χ1) is 19.4. The molecule has 258 valence electrons. The van der Waals surface area contributed by atoms with E-state index < -0.39 is 96.7 Å². The Balaban J connectivity index is 5.07. The van der Waals surface area contributed by atoms with Crippen LogP contribution in [0, 0.1) is 0 Å². The van der Waals surface area contributed by atoms with Crippen molar-refractivity contribution >= 4 is 23.9 Å². The summed E-state index contributed by atoms with van der Waals surface area (Å²) in [6, 6.07) is 0. The van der Waals surface area contributed by atoms with Crippen LogP contribution in [0.15, 0.2) is 0 Å². The second kappa shape index (κ2) is 13.5. The minimum Gasteiger partial charge on any atom is -0.387 e. The molecular formula is C22H26F12O10. The third kappa shape index (κ3) is 9.73. The van der Waals surface area contributed by atoms with Crippen molar-refractivity contribution in [3.8, 4) is 0 Å². The van der Waals surface area contributed by atoms with Gasteiger partial charge in [0.2, 0.25) is 0 Å². The Bertz CT molecular complexity index is 979. The molecule has 0 spiro atoms. The smallest absolute Gasteiger partial charge is 0.387 e. The summed E-state index contributed by atoms with van der Waals surface area (Å²) in [4.78, 5) is 62.6. The van der Waals surface area contributed by atoms with Crippen molar-refractivity contribution in [3.05, 3.63) is 0 Å². The van der Waals surface area contributed by atoms with Gasteiger partial charge in [0.1, 0.15) is 11.2 Å². The number of esters is 2. The molecule has 0 aliphatic rings. The number of halogens is 12. The van der Waals surface area contributed by atoms with E-state index in [0.717, 1.165) is 27.7 Å². The molecule has 0 unspecified atom stereocenters. The fraction of sp³-hybridized carbons (Fsp3) is 0.818. The van der Waals surface area contributed by atoms with E-state index in [1.165, 1.54) is 0 Å². The molecular weight excluding hydrogens is 652 g/mol. The number of hydrogen-bond acceptors (Lipinski definition) is 10. The molecule has 0 fully saturated rings.